The van der Waals surface area contributed by atoms with E-state index in [1.54, 1.807) is 0 Å². The quantitative estimate of drug-likeness (QED) is 0.866. The summed E-state index contributed by atoms with van der Waals surface area (Å²) < 4.78 is 38.1. The number of nitrogens with zero attached hydrogens (tertiary/aromatic N) is 4. The fourth-order valence-electron chi connectivity index (χ4n) is 2.88. The molecule has 3 rings (SSSR count). The summed E-state index contributed by atoms with van der Waals surface area (Å²) in [5.74, 6) is -0.200. The summed E-state index contributed by atoms with van der Waals surface area (Å²) in [7, 11) is 0. The number of aromatic amines is 1. The van der Waals surface area contributed by atoms with Crippen molar-refractivity contribution < 1.29 is 13.2 Å². The number of hydrogen-bond acceptors (Lipinski definition) is 4. The van der Waals surface area contributed by atoms with Gasteiger partial charge in [0.1, 0.15) is 5.82 Å². The average Bonchev–Trinajstić information content (AvgIpc) is 2.91. The van der Waals surface area contributed by atoms with Gasteiger partial charge in [0.25, 0.3) is 0 Å². The van der Waals surface area contributed by atoms with Gasteiger partial charge in [-0.3, -0.25) is 4.90 Å². The average molecular weight is 374 g/mol. The molecule has 9 heteroatoms. The van der Waals surface area contributed by atoms with Gasteiger partial charge in [-0.25, -0.2) is 15.0 Å². The van der Waals surface area contributed by atoms with Gasteiger partial charge in [0, 0.05) is 44.2 Å². The molecule has 5 nitrogen and oxygen atoms in total. The van der Waals surface area contributed by atoms with Crippen LogP contribution in [-0.4, -0.2) is 31.4 Å². The maximum Gasteiger partial charge on any atom is 0.451 e. The Labute approximate surface area is 148 Å². The number of rotatable bonds is 5. The Hall–Kier alpha value is -1.67. The Kier molecular flexibility index (Phi) is 5.29. The van der Waals surface area contributed by atoms with Gasteiger partial charge in [-0.05, 0) is 6.42 Å². The van der Waals surface area contributed by atoms with Crippen LogP contribution in [0.3, 0.4) is 0 Å². The fraction of sp³-hybridized carbons (Fsp3) is 0.562. The van der Waals surface area contributed by atoms with Crippen LogP contribution in [0.4, 0.5) is 13.2 Å². The molecule has 2 aromatic rings. The van der Waals surface area contributed by atoms with Crippen LogP contribution in [0.5, 0.6) is 0 Å². The second-order valence-electron chi connectivity index (χ2n) is 6.18. The van der Waals surface area contributed by atoms with Crippen molar-refractivity contribution in [3.8, 4) is 0 Å². The maximum atomic E-state index is 12.7. The predicted octanol–water partition coefficient (Wildman–Crippen LogP) is 3.77. The van der Waals surface area contributed by atoms with Crippen LogP contribution in [0, 0.1) is 0 Å². The zero-order valence-electron chi connectivity index (χ0n) is 13.8. The van der Waals surface area contributed by atoms with Gasteiger partial charge in [0.15, 0.2) is 5.15 Å². The lowest BCUT2D eigenvalue weighted by molar-refractivity contribution is -0.145. The molecule has 0 fully saturated rings. The number of imidazole rings is 1. The molecule has 0 atom stereocenters. The van der Waals surface area contributed by atoms with Crippen molar-refractivity contribution in [1.29, 1.82) is 0 Å². The first-order chi connectivity index (χ1) is 11.9. The van der Waals surface area contributed by atoms with Gasteiger partial charge in [0.2, 0.25) is 5.82 Å². The number of aryl methyl sites for hydroxylation is 1. The Bertz CT molecular complexity index is 744. The highest BCUT2D eigenvalue weighted by molar-refractivity contribution is 6.30. The van der Waals surface area contributed by atoms with E-state index in [4.69, 9.17) is 11.6 Å². The van der Waals surface area contributed by atoms with Crippen molar-refractivity contribution in [2.45, 2.75) is 51.9 Å². The number of nitrogens with one attached hydrogen (secondary N) is 1. The highest BCUT2D eigenvalue weighted by Gasteiger charge is 2.35. The molecule has 1 N–H and O–H groups in total. The van der Waals surface area contributed by atoms with Crippen LogP contribution in [0.25, 0.3) is 0 Å². The molecule has 0 saturated carbocycles. The summed E-state index contributed by atoms with van der Waals surface area (Å²) in [5.41, 5.74) is 2.03. The molecule has 0 unspecified atom stereocenters. The Morgan fingerprint density at radius 2 is 2.12 bits per heavy atom. The SMILES string of the molecule is CCCCc1nc(Cl)c(CN2CCc3nc(C(F)(F)F)ncc3C2)[nH]1. The largest absolute Gasteiger partial charge is 0.451 e. The van der Waals surface area contributed by atoms with E-state index in [9.17, 15) is 13.2 Å². The first-order valence-electron chi connectivity index (χ1n) is 8.24. The molecule has 0 spiro atoms. The Morgan fingerprint density at radius 3 is 2.84 bits per heavy atom. The van der Waals surface area contributed by atoms with Crippen LogP contribution in [0.15, 0.2) is 6.20 Å². The standard InChI is InChI=1S/C16H19ClF3N5/c1-2-3-4-13-22-12(14(17)24-13)9-25-6-5-11-10(8-25)7-21-15(23-11)16(18,19)20/h7H,2-6,8-9H2,1H3,(H,22,24). The van der Waals surface area contributed by atoms with Crippen LogP contribution < -0.4 is 0 Å². The Balaban J connectivity index is 1.68. The van der Waals surface area contributed by atoms with E-state index in [-0.39, 0.29) is 0 Å². The molecule has 0 saturated heterocycles. The zero-order chi connectivity index (χ0) is 18.0. The van der Waals surface area contributed by atoms with Gasteiger partial charge < -0.3 is 4.98 Å². The lowest BCUT2D eigenvalue weighted by atomic mass is 10.1. The number of alkyl halides is 3. The molecule has 2 aromatic heterocycles. The minimum absolute atomic E-state index is 0.454. The second kappa shape index (κ2) is 7.29. The molecule has 0 aromatic carbocycles. The van der Waals surface area contributed by atoms with Crippen molar-refractivity contribution >= 4 is 11.6 Å². The van der Waals surface area contributed by atoms with E-state index in [1.807, 2.05) is 0 Å². The van der Waals surface area contributed by atoms with E-state index in [0.29, 0.717) is 36.9 Å². The van der Waals surface area contributed by atoms with E-state index in [0.717, 1.165) is 36.3 Å². The third-order valence-corrected chi connectivity index (χ3v) is 4.51. The minimum atomic E-state index is -4.51. The van der Waals surface area contributed by atoms with E-state index >= 15 is 0 Å². The van der Waals surface area contributed by atoms with Crippen molar-refractivity contribution in [3.05, 3.63) is 40.0 Å². The number of halogens is 4. The number of hydrogen-bond donors (Lipinski definition) is 1. The van der Waals surface area contributed by atoms with Gasteiger partial charge in [-0.15, -0.1) is 0 Å². The Morgan fingerprint density at radius 1 is 1.32 bits per heavy atom. The topological polar surface area (TPSA) is 57.7 Å². The zero-order valence-corrected chi connectivity index (χ0v) is 14.6. The third kappa shape index (κ3) is 4.30. The molecule has 1 aliphatic rings. The fourth-order valence-corrected chi connectivity index (χ4v) is 3.09. The van der Waals surface area contributed by atoms with E-state index in [2.05, 4.69) is 31.8 Å². The summed E-state index contributed by atoms with van der Waals surface area (Å²) in [6.07, 6.45) is 0.196. The lowest BCUT2D eigenvalue weighted by Gasteiger charge is -2.27. The first kappa shape index (κ1) is 18.1. The van der Waals surface area contributed by atoms with Crippen LogP contribution in [0.2, 0.25) is 5.15 Å². The molecular weight excluding hydrogens is 355 g/mol. The molecule has 0 radical (unpaired) electrons. The van der Waals surface area contributed by atoms with Gasteiger partial charge in [-0.1, -0.05) is 24.9 Å². The molecule has 25 heavy (non-hydrogen) atoms. The normalized spacial score (nSPS) is 15.4. The van der Waals surface area contributed by atoms with Crippen LogP contribution in [0.1, 0.15) is 48.4 Å². The van der Waals surface area contributed by atoms with E-state index < -0.39 is 12.0 Å². The summed E-state index contributed by atoms with van der Waals surface area (Å²) >= 11 is 6.20. The van der Waals surface area contributed by atoms with Gasteiger partial charge in [0.05, 0.1) is 11.4 Å². The summed E-state index contributed by atoms with van der Waals surface area (Å²) in [5, 5.41) is 0.459. The molecule has 3 heterocycles. The van der Waals surface area contributed by atoms with Gasteiger partial charge in [-0.2, -0.15) is 13.2 Å². The van der Waals surface area contributed by atoms with Crippen LogP contribution in [-0.2, 0) is 32.1 Å². The highest BCUT2D eigenvalue weighted by atomic mass is 35.5. The van der Waals surface area contributed by atoms with Crippen LogP contribution >= 0.6 is 11.6 Å². The molecular formula is C16H19ClF3N5. The molecule has 0 bridgehead atoms. The number of unbranched alkanes of at least 4 members (excludes halogenated alkanes) is 1. The highest BCUT2D eigenvalue weighted by Crippen LogP contribution is 2.28. The summed E-state index contributed by atoms with van der Waals surface area (Å²) in [6.45, 7) is 3.79. The smallest absolute Gasteiger partial charge is 0.344 e. The minimum Gasteiger partial charge on any atom is -0.344 e. The van der Waals surface area contributed by atoms with Crippen molar-refractivity contribution in [2.24, 2.45) is 0 Å². The predicted molar refractivity (Wildman–Crippen MR) is 87.1 cm³/mol. The molecule has 1 aliphatic heterocycles. The van der Waals surface area contributed by atoms with Crippen molar-refractivity contribution in [1.82, 2.24) is 24.8 Å². The second-order valence-corrected chi connectivity index (χ2v) is 6.54. The molecule has 0 aliphatic carbocycles. The van der Waals surface area contributed by atoms with Crippen molar-refractivity contribution in [2.75, 3.05) is 6.54 Å². The number of fused-ring (bicyclic) bond motifs is 1. The van der Waals surface area contributed by atoms with Crippen molar-refractivity contribution in [3.63, 3.8) is 0 Å². The number of aromatic nitrogens is 4. The summed E-state index contributed by atoms with van der Waals surface area (Å²) in [4.78, 5) is 16.8. The lowest BCUT2D eigenvalue weighted by Crippen LogP contribution is -2.31. The molecule has 0 amide bonds. The van der Waals surface area contributed by atoms with E-state index in [1.165, 1.54) is 6.20 Å². The summed E-state index contributed by atoms with van der Waals surface area (Å²) in [6, 6.07) is 0. The maximum absolute atomic E-state index is 12.7. The first-order valence-corrected chi connectivity index (χ1v) is 8.62. The molecule has 136 valence electrons. The van der Waals surface area contributed by atoms with Gasteiger partial charge >= 0.3 is 6.18 Å². The number of H-pyrrole nitrogens is 1. The third-order valence-electron chi connectivity index (χ3n) is 4.19. The monoisotopic (exact) mass is 373 g/mol.